The fraction of sp³-hybridized carbons (Fsp3) is 0.889. The molecule has 1 aliphatic heterocycles. The van der Waals surface area contributed by atoms with Gasteiger partial charge in [-0.1, -0.05) is 0 Å². The first-order valence-electron chi connectivity index (χ1n) is 4.83. The van der Waals surface area contributed by atoms with Crippen LogP contribution >= 0.6 is 0 Å². The topological polar surface area (TPSA) is 93.0 Å². The van der Waals surface area contributed by atoms with Crippen molar-refractivity contribution in [2.45, 2.75) is 37.8 Å². The van der Waals surface area contributed by atoms with E-state index in [1.54, 1.807) is 18.9 Å². The summed E-state index contributed by atoms with van der Waals surface area (Å²) in [6.07, 6.45) is -2.19. The van der Waals surface area contributed by atoms with E-state index < -0.39 is 23.9 Å². The van der Waals surface area contributed by atoms with E-state index >= 15 is 0 Å². The highest BCUT2D eigenvalue weighted by molar-refractivity contribution is 5.73. The number of aliphatic hydroxyl groups is 3. The molecule has 1 rings (SSSR count). The molecule has 6 nitrogen and oxygen atoms in total. The van der Waals surface area contributed by atoms with Crippen LogP contribution < -0.4 is 5.32 Å². The summed E-state index contributed by atoms with van der Waals surface area (Å²) in [5, 5.41) is 31.1. The highest BCUT2D eigenvalue weighted by Crippen LogP contribution is 2.30. The third-order valence-electron chi connectivity index (χ3n) is 3.14. The molecule has 0 spiro atoms. The van der Waals surface area contributed by atoms with Crippen LogP contribution in [0.5, 0.6) is 0 Å². The van der Waals surface area contributed by atoms with Crippen molar-refractivity contribution in [1.82, 2.24) is 10.2 Å². The molecule has 6 heteroatoms. The van der Waals surface area contributed by atoms with Gasteiger partial charge < -0.3 is 20.6 Å². The normalized spacial score (nSPS) is 41.9. The summed E-state index contributed by atoms with van der Waals surface area (Å²) in [6.45, 7) is 2.67. The van der Waals surface area contributed by atoms with Crippen molar-refractivity contribution in [2.75, 3.05) is 13.7 Å². The SMILES string of the molecule is CC(=O)N[C@@]1(C)[C@@H](O)[C@H](O)C(CO)N1C. The molecule has 1 unspecified atom stereocenters. The average Bonchev–Trinajstić information content (AvgIpc) is 2.28. The summed E-state index contributed by atoms with van der Waals surface area (Å²) < 4.78 is 0. The molecule has 0 aromatic carbocycles. The molecule has 4 N–H and O–H groups in total. The minimum absolute atomic E-state index is 0.274. The Morgan fingerprint density at radius 3 is 2.40 bits per heavy atom. The summed E-state index contributed by atoms with van der Waals surface area (Å²) in [7, 11) is 1.64. The lowest BCUT2D eigenvalue weighted by Gasteiger charge is -2.36. The van der Waals surface area contributed by atoms with Gasteiger partial charge in [-0.15, -0.1) is 0 Å². The van der Waals surface area contributed by atoms with Gasteiger partial charge in [0.05, 0.1) is 12.6 Å². The van der Waals surface area contributed by atoms with Gasteiger partial charge in [0.2, 0.25) is 5.91 Å². The second kappa shape index (κ2) is 4.05. The van der Waals surface area contributed by atoms with E-state index in [-0.39, 0.29) is 12.5 Å². The van der Waals surface area contributed by atoms with Crippen LogP contribution in [0.4, 0.5) is 0 Å². The lowest BCUT2D eigenvalue weighted by Crippen LogP contribution is -2.60. The Labute approximate surface area is 88.5 Å². The second-order valence-electron chi connectivity index (χ2n) is 4.12. The first kappa shape index (κ1) is 12.4. The Morgan fingerprint density at radius 2 is 2.07 bits per heavy atom. The molecule has 1 saturated heterocycles. The second-order valence-corrected chi connectivity index (χ2v) is 4.12. The van der Waals surface area contributed by atoms with E-state index in [9.17, 15) is 15.0 Å². The number of likely N-dealkylation sites (tertiary alicyclic amines) is 1. The lowest BCUT2D eigenvalue weighted by molar-refractivity contribution is -0.125. The number of amides is 1. The van der Waals surface area contributed by atoms with Gasteiger partial charge in [0.1, 0.15) is 17.9 Å². The maximum absolute atomic E-state index is 11.0. The largest absolute Gasteiger partial charge is 0.395 e. The third kappa shape index (κ3) is 1.85. The van der Waals surface area contributed by atoms with Gasteiger partial charge in [0, 0.05) is 6.92 Å². The molecule has 0 bridgehead atoms. The third-order valence-corrected chi connectivity index (χ3v) is 3.14. The zero-order valence-corrected chi connectivity index (χ0v) is 9.14. The standard InChI is InChI=1S/C9H18N2O4/c1-5(13)10-9(2)8(15)7(14)6(4-12)11(9)3/h6-8,12,14-15H,4H2,1-3H3,(H,10,13)/t6?,7-,8+,9-/m1/s1. The highest BCUT2D eigenvalue weighted by atomic mass is 16.3. The summed E-state index contributed by atoms with van der Waals surface area (Å²) in [4.78, 5) is 12.6. The molecule has 0 aromatic rings. The maximum atomic E-state index is 11.0. The highest BCUT2D eigenvalue weighted by Gasteiger charge is 2.54. The van der Waals surface area contributed by atoms with Crippen molar-refractivity contribution in [1.29, 1.82) is 0 Å². The number of carbonyl (C=O) groups is 1. The van der Waals surface area contributed by atoms with Gasteiger partial charge in [0.15, 0.2) is 0 Å². The van der Waals surface area contributed by atoms with Gasteiger partial charge in [-0.3, -0.25) is 9.69 Å². The number of hydrogen-bond acceptors (Lipinski definition) is 5. The Hall–Kier alpha value is -0.690. The molecule has 0 radical (unpaired) electrons. The van der Waals surface area contributed by atoms with Crippen LogP contribution in [0.2, 0.25) is 0 Å². The molecule has 15 heavy (non-hydrogen) atoms. The molecular weight excluding hydrogens is 200 g/mol. The van der Waals surface area contributed by atoms with E-state index in [0.29, 0.717) is 0 Å². The number of aliphatic hydroxyl groups excluding tert-OH is 3. The van der Waals surface area contributed by atoms with Gasteiger partial charge >= 0.3 is 0 Å². The Balaban J connectivity index is 2.94. The molecule has 88 valence electrons. The van der Waals surface area contributed by atoms with Crippen molar-refractivity contribution in [3.8, 4) is 0 Å². The maximum Gasteiger partial charge on any atom is 0.218 e. The smallest absolute Gasteiger partial charge is 0.218 e. The molecule has 1 amide bonds. The van der Waals surface area contributed by atoms with Crippen LogP contribution in [-0.2, 0) is 4.79 Å². The molecule has 0 aromatic heterocycles. The number of carbonyl (C=O) groups excluding carboxylic acids is 1. The minimum Gasteiger partial charge on any atom is -0.395 e. The summed E-state index contributed by atoms with van der Waals surface area (Å²) in [6, 6.07) is -0.572. The van der Waals surface area contributed by atoms with Crippen LogP contribution in [0, 0.1) is 0 Å². The molecule has 1 aliphatic rings. The van der Waals surface area contributed by atoms with Gasteiger partial charge in [-0.25, -0.2) is 0 Å². The van der Waals surface area contributed by atoms with Crippen LogP contribution in [0.1, 0.15) is 13.8 Å². The Morgan fingerprint density at radius 1 is 1.53 bits per heavy atom. The molecule has 1 fully saturated rings. The van der Waals surface area contributed by atoms with Crippen molar-refractivity contribution in [3.05, 3.63) is 0 Å². The number of nitrogens with zero attached hydrogens (tertiary/aromatic N) is 1. The van der Waals surface area contributed by atoms with Crippen molar-refractivity contribution < 1.29 is 20.1 Å². The monoisotopic (exact) mass is 218 g/mol. The zero-order valence-electron chi connectivity index (χ0n) is 9.14. The number of likely N-dealkylation sites (N-methyl/N-ethyl adjacent to an activating group) is 1. The molecule has 0 saturated carbocycles. The van der Waals surface area contributed by atoms with E-state index in [1.807, 2.05) is 0 Å². The summed E-state index contributed by atoms with van der Waals surface area (Å²) in [5.74, 6) is -0.297. The first-order valence-corrected chi connectivity index (χ1v) is 4.83. The Kier molecular flexibility index (Phi) is 3.34. The van der Waals surface area contributed by atoms with E-state index in [0.717, 1.165) is 0 Å². The van der Waals surface area contributed by atoms with Crippen molar-refractivity contribution >= 4 is 5.91 Å². The number of nitrogens with one attached hydrogen (secondary N) is 1. The van der Waals surface area contributed by atoms with Crippen LogP contribution in [0.3, 0.4) is 0 Å². The molecule has 0 aliphatic carbocycles. The van der Waals surface area contributed by atoms with E-state index in [1.165, 1.54) is 6.92 Å². The quantitative estimate of drug-likeness (QED) is 0.425. The average molecular weight is 218 g/mol. The molecular formula is C9H18N2O4. The van der Waals surface area contributed by atoms with Crippen LogP contribution in [0.15, 0.2) is 0 Å². The minimum atomic E-state index is -1.12. The van der Waals surface area contributed by atoms with Gasteiger partial charge in [-0.05, 0) is 14.0 Å². The molecule has 1 heterocycles. The van der Waals surface area contributed by atoms with Crippen LogP contribution in [-0.4, -0.2) is 63.7 Å². The fourth-order valence-electron chi connectivity index (χ4n) is 2.07. The fourth-order valence-corrected chi connectivity index (χ4v) is 2.07. The Bertz CT molecular complexity index is 260. The first-order chi connectivity index (χ1) is 6.84. The van der Waals surface area contributed by atoms with Crippen LogP contribution in [0.25, 0.3) is 0 Å². The predicted molar refractivity (Wildman–Crippen MR) is 52.9 cm³/mol. The predicted octanol–water partition coefficient (Wildman–Crippen LogP) is -2.13. The van der Waals surface area contributed by atoms with E-state index in [2.05, 4.69) is 5.32 Å². The summed E-state index contributed by atoms with van der Waals surface area (Å²) in [5.41, 5.74) is -1.04. The van der Waals surface area contributed by atoms with Crippen molar-refractivity contribution in [2.24, 2.45) is 0 Å². The van der Waals surface area contributed by atoms with Gasteiger partial charge in [-0.2, -0.15) is 0 Å². The zero-order chi connectivity index (χ0) is 11.8. The number of hydrogen-bond donors (Lipinski definition) is 4. The van der Waals surface area contributed by atoms with E-state index in [4.69, 9.17) is 5.11 Å². The lowest BCUT2D eigenvalue weighted by atomic mass is 10.0. The van der Waals surface area contributed by atoms with Crippen molar-refractivity contribution in [3.63, 3.8) is 0 Å². The molecule has 4 atom stereocenters. The van der Waals surface area contributed by atoms with Gasteiger partial charge in [0.25, 0.3) is 0 Å². The summed E-state index contributed by atoms with van der Waals surface area (Å²) >= 11 is 0. The number of rotatable bonds is 2.